The average molecular weight is 406 g/mol. The molecule has 3 aliphatic rings. The lowest BCUT2D eigenvalue weighted by atomic mass is 9.53. The number of carbonyl (C=O) groups excluding carboxylic acids is 1. The zero-order chi connectivity index (χ0) is 21.1. The second-order valence-corrected chi connectivity index (χ2v) is 11.1. The van der Waals surface area contributed by atoms with E-state index >= 15 is 0 Å². The molecular formula is C26H35N3O. The molecule has 1 saturated carbocycles. The minimum atomic E-state index is -0.176. The summed E-state index contributed by atoms with van der Waals surface area (Å²) in [6.45, 7) is 8.61. The third-order valence-corrected chi connectivity index (χ3v) is 8.13. The molecular weight excluding hydrogens is 370 g/mol. The van der Waals surface area contributed by atoms with Crippen LogP contribution in [0.25, 0.3) is 0 Å². The monoisotopic (exact) mass is 405 g/mol. The number of aromatic amines is 1. The van der Waals surface area contributed by atoms with Crippen molar-refractivity contribution >= 4 is 5.91 Å². The van der Waals surface area contributed by atoms with Gasteiger partial charge in [-0.3, -0.25) is 9.89 Å². The van der Waals surface area contributed by atoms with Crippen molar-refractivity contribution in [3.8, 4) is 0 Å². The van der Waals surface area contributed by atoms with Gasteiger partial charge in [-0.25, -0.2) is 0 Å². The zero-order valence-electron chi connectivity index (χ0n) is 18.8. The standard InChI is InChI=1S/C26H35N3O/c1-25(2,3)28-22(30)12-11-20-21-15-27-29-24(21)26(4)14-13-18-17-8-6-5-7-16(17)9-10-19(18)23(20)26/h5-8,15,18-20,23H,9-14H2,1-4H3,(H,27,29)(H,28,30)/t18?,19?,20-,23?,26+/m1/s1. The van der Waals surface area contributed by atoms with Gasteiger partial charge in [-0.05, 0) is 93.2 Å². The second-order valence-electron chi connectivity index (χ2n) is 11.1. The number of nitrogens with zero attached hydrogens (tertiary/aromatic N) is 1. The van der Waals surface area contributed by atoms with Crippen LogP contribution in [0.1, 0.15) is 94.0 Å². The molecule has 2 N–H and O–H groups in total. The molecule has 1 aromatic carbocycles. The normalized spacial score (nSPS) is 32.0. The fraction of sp³-hybridized carbons (Fsp3) is 0.615. The van der Waals surface area contributed by atoms with E-state index < -0.39 is 0 Å². The number of fused-ring (bicyclic) bond motifs is 7. The smallest absolute Gasteiger partial charge is 0.220 e. The van der Waals surface area contributed by atoms with Crippen LogP contribution in [0.15, 0.2) is 30.5 Å². The van der Waals surface area contributed by atoms with Crippen LogP contribution in [0.2, 0.25) is 0 Å². The highest BCUT2D eigenvalue weighted by atomic mass is 16.1. The second kappa shape index (κ2) is 6.96. The number of nitrogens with one attached hydrogen (secondary N) is 2. The fourth-order valence-corrected chi connectivity index (χ4v) is 7.13. The summed E-state index contributed by atoms with van der Waals surface area (Å²) in [6, 6.07) is 9.10. The Balaban J connectivity index is 1.45. The molecule has 3 aliphatic carbocycles. The van der Waals surface area contributed by atoms with Crippen LogP contribution in [0.5, 0.6) is 0 Å². The first kappa shape index (κ1) is 19.8. The van der Waals surface area contributed by atoms with E-state index in [0.29, 0.717) is 30.1 Å². The summed E-state index contributed by atoms with van der Waals surface area (Å²) in [4.78, 5) is 12.6. The summed E-state index contributed by atoms with van der Waals surface area (Å²) < 4.78 is 0. The van der Waals surface area contributed by atoms with Crippen LogP contribution in [0.3, 0.4) is 0 Å². The molecule has 5 rings (SSSR count). The molecule has 5 atom stereocenters. The number of H-pyrrole nitrogens is 1. The fourth-order valence-electron chi connectivity index (χ4n) is 7.13. The molecule has 0 spiro atoms. The zero-order valence-corrected chi connectivity index (χ0v) is 18.8. The topological polar surface area (TPSA) is 57.8 Å². The third-order valence-electron chi connectivity index (χ3n) is 8.13. The Kier molecular flexibility index (Phi) is 4.61. The molecule has 160 valence electrons. The lowest BCUT2D eigenvalue weighted by molar-refractivity contribution is -0.122. The molecule has 0 radical (unpaired) electrons. The molecule has 4 heteroatoms. The first-order valence-corrected chi connectivity index (χ1v) is 11.7. The van der Waals surface area contributed by atoms with Gasteiger partial charge in [-0.2, -0.15) is 5.10 Å². The van der Waals surface area contributed by atoms with Crippen LogP contribution in [0, 0.1) is 11.8 Å². The molecule has 2 aromatic rings. The molecule has 1 amide bonds. The Labute approximate surface area is 180 Å². The van der Waals surface area contributed by atoms with Crippen molar-refractivity contribution in [2.45, 2.75) is 89.0 Å². The molecule has 0 aliphatic heterocycles. The number of benzene rings is 1. The number of carbonyl (C=O) groups is 1. The van der Waals surface area contributed by atoms with Crippen LogP contribution in [-0.2, 0) is 16.6 Å². The lowest BCUT2D eigenvalue weighted by Crippen LogP contribution is -2.45. The highest BCUT2D eigenvalue weighted by molar-refractivity contribution is 5.76. The quantitative estimate of drug-likeness (QED) is 0.736. The molecule has 0 bridgehead atoms. The minimum absolute atomic E-state index is 0.133. The van der Waals surface area contributed by atoms with E-state index in [2.05, 4.69) is 68.6 Å². The number of aromatic nitrogens is 2. The van der Waals surface area contributed by atoms with E-state index in [-0.39, 0.29) is 16.9 Å². The molecule has 1 fully saturated rings. The Morgan fingerprint density at radius 2 is 2.03 bits per heavy atom. The van der Waals surface area contributed by atoms with Gasteiger partial charge < -0.3 is 5.32 Å². The van der Waals surface area contributed by atoms with Gasteiger partial charge in [0.05, 0.1) is 5.69 Å². The van der Waals surface area contributed by atoms with Crippen molar-refractivity contribution in [2.75, 3.05) is 0 Å². The maximum Gasteiger partial charge on any atom is 0.220 e. The predicted molar refractivity (Wildman–Crippen MR) is 120 cm³/mol. The summed E-state index contributed by atoms with van der Waals surface area (Å²) in [7, 11) is 0. The van der Waals surface area contributed by atoms with E-state index in [1.807, 2.05) is 0 Å². The van der Waals surface area contributed by atoms with Crippen LogP contribution >= 0.6 is 0 Å². The van der Waals surface area contributed by atoms with Crippen LogP contribution < -0.4 is 5.32 Å². The van der Waals surface area contributed by atoms with Gasteiger partial charge in [0.2, 0.25) is 5.91 Å². The van der Waals surface area contributed by atoms with Gasteiger partial charge in [-0.15, -0.1) is 0 Å². The Hall–Kier alpha value is -2.10. The van der Waals surface area contributed by atoms with Gasteiger partial charge in [0, 0.05) is 23.6 Å². The van der Waals surface area contributed by atoms with Gasteiger partial charge in [0.15, 0.2) is 0 Å². The summed E-state index contributed by atoms with van der Waals surface area (Å²) in [5, 5.41) is 11.0. The SMILES string of the molecule is CC(C)(C)NC(=O)CC[C@@H]1c2c[nH]nc2[C@@]2(C)CCC3c4ccccc4CCC3C12. The van der Waals surface area contributed by atoms with Crippen molar-refractivity contribution < 1.29 is 4.79 Å². The summed E-state index contributed by atoms with van der Waals surface area (Å²) in [5.74, 6) is 2.52. The lowest BCUT2D eigenvalue weighted by Gasteiger charge is -2.50. The largest absolute Gasteiger partial charge is 0.352 e. The highest BCUT2D eigenvalue weighted by Gasteiger charge is 2.58. The number of rotatable bonds is 3. The molecule has 1 aromatic heterocycles. The Bertz CT molecular complexity index is 955. The summed E-state index contributed by atoms with van der Waals surface area (Å²) in [6.07, 6.45) is 8.52. The maximum absolute atomic E-state index is 12.6. The van der Waals surface area contributed by atoms with Crippen molar-refractivity contribution in [2.24, 2.45) is 11.8 Å². The van der Waals surface area contributed by atoms with Gasteiger partial charge in [0.1, 0.15) is 0 Å². The van der Waals surface area contributed by atoms with E-state index in [1.165, 1.54) is 36.9 Å². The van der Waals surface area contributed by atoms with E-state index in [0.717, 1.165) is 6.42 Å². The first-order valence-electron chi connectivity index (χ1n) is 11.7. The third kappa shape index (κ3) is 3.11. The Morgan fingerprint density at radius 1 is 1.23 bits per heavy atom. The van der Waals surface area contributed by atoms with Gasteiger partial charge >= 0.3 is 0 Å². The molecule has 4 nitrogen and oxygen atoms in total. The molecule has 30 heavy (non-hydrogen) atoms. The van der Waals surface area contributed by atoms with Gasteiger partial charge in [-0.1, -0.05) is 31.2 Å². The number of hydrogen-bond donors (Lipinski definition) is 2. The number of amides is 1. The van der Waals surface area contributed by atoms with E-state index in [4.69, 9.17) is 5.10 Å². The molecule has 1 heterocycles. The number of aryl methyl sites for hydroxylation is 1. The van der Waals surface area contributed by atoms with Crippen molar-refractivity contribution in [1.29, 1.82) is 0 Å². The van der Waals surface area contributed by atoms with Crippen LogP contribution in [-0.4, -0.2) is 21.6 Å². The maximum atomic E-state index is 12.6. The molecule has 3 unspecified atom stereocenters. The minimum Gasteiger partial charge on any atom is -0.352 e. The van der Waals surface area contributed by atoms with Gasteiger partial charge in [0.25, 0.3) is 0 Å². The Morgan fingerprint density at radius 3 is 2.83 bits per heavy atom. The average Bonchev–Trinajstić information content (AvgIpc) is 3.26. The van der Waals surface area contributed by atoms with Crippen molar-refractivity contribution in [3.63, 3.8) is 0 Å². The van der Waals surface area contributed by atoms with E-state index in [1.54, 1.807) is 11.1 Å². The van der Waals surface area contributed by atoms with Crippen molar-refractivity contribution in [3.05, 3.63) is 52.8 Å². The first-order chi connectivity index (χ1) is 14.3. The number of hydrogen-bond acceptors (Lipinski definition) is 2. The van der Waals surface area contributed by atoms with Crippen LogP contribution in [0.4, 0.5) is 0 Å². The van der Waals surface area contributed by atoms with Crippen molar-refractivity contribution in [1.82, 2.24) is 15.5 Å². The highest BCUT2D eigenvalue weighted by Crippen LogP contribution is 2.64. The molecule has 0 saturated heterocycles. The van der Waals surface area contributed by atoms with E-state index in [9.17, 15) is 4.79 Å². The summed E-state index contributed by atoms with van der Waals surface area (Å²) in [5.41, 5.74) is 5.77. The predicted octanol–water partition coefficient (Wildman–Crippen LogP) is 5.22. The summed E-state index contributed by atoms with van der Waals surface area (Å²) >= 11 is 0.